The average Bonchev–Trinajstić information content (AvgIpc) is 3.07. The molecule has 1 amide bonds. The number of nitrogens with one attached hydrogen (secondary N) is 1. The Hall–Kier alpha value is -4.00. The average molecular weight is 415 g/mol. The van der Waals surface area contributed by atoms with Crippen molar-refractivity contribution in [3.8, 4) is 17.2 Å². The van der Waals surface area contributed by atoms with E-state index in [-0.39, 0.29) is 5.91 Å². The Morgan fingerprint density at radius 3 is 2.84 bits per heavy atom. The Morgan fingerprint density at radius 2 is 1.94 bits per heavy atom. The number of carbonyl (C=O) groups is 1. The van der Waals surface area contributed by atoms with Gasteiger partial charge in [-0.05, 0) is 42.5 Å². The first-order chi connectivity index (χ1) is 15.2. The standard InChI is InChI=1S/C24H21N3O4/c28-24(26-18-8-9-21-22(14-18)30-12-4-11-29-21)17-5-3-6-20(13-17)31-16-19-15-27-10-2-1-7-23(27)25-19/h1-3,5-10,13-15H,4,11-12,16H2,(H,26,28). The van der Waals surface area contributed by atoms with E-state index in [1.807, 2.05) is 47.1 Å². The number of amides is 1. The molecule has 4 aromatic rings. The SMILES string of the molecule is O=C(Nc1ccc2c(c1)OCCCO2)c1cccc(OCc2cn3ccccc3n2)c1. The lowest BCUT2D eigenvalue weighted by molar-refractivity contribution is 0.102. The number of anilines is 1. The summed E-state index contributed by atoms with van der Waals surface area (Å²) < 4.78 is 19.1. The highest BCUT2D eigenvalue weighted by Gasteiger charge is 2.13. The van der Waals surface area contributed by atoms with Gasteiger partial charge < -0.3 is 23.9 Å². The van der Waals surface area contributed by atoms with Gasteiger partial charge in [0.15, 0.2) is 11.5 Å². The molecule has 0 atom stereocenters. The molecular weight excluding hydrogens is 394 g/mol. The van der Waals surface area contributed by atoms with Crippen molar-refractivity contribution in [3.63, 3.8) is 0 Å². The summed E-state index contributed by atoms with van der Waals surface area (Å²) in [5.74, 6) is 1.70. The highest BCUT2D eigenvalue weighted by atomic mass is 16.5. The van der Waals surface area contributed by atoms with Crippen molar-refractivity contribution < 1.29 is 19.0 Å². The van der Waals surface area contributed by atoms with E-state index in [9.17, 15) is 4.79 Å². The predicted molar refractivity (Wildman–Crippen MR) is 116 cm³/mol. The summed E-state index contributed by atoms with van der Waals surface area (Å²) in [6, 6.07) is 18.3. The molecule has 0 aliphatic carbocycles. The van der Waals surface area contributed by atoms with Crippen molar-refractivity contribution in [2.24, 2.45) is 0 Å². The van der Waals surface area contributed by atoms with E-state index in [1.165, 1.54) is 0 Å². The first-order valence-corrected chi connectivity index (χ1v) is 10.1. The smallest absolute Gasteiger partial charge is 0.255 e. The molecule has 0 saturated carbocycles. The van der Waals surface area contributed by atoms with Crippen LogP contribution in [0.3, 0.4) is 0 Å². The third-order valence-corrected chi connectivity index (χ3v) is 4.90. The summed E-state index contributed by atoms with van der Waals surface area (Å²) in [7, 11) is 0. The Balaban J connectivity index is 1.26. The molecule has 1 aliphatic rings. The largest absolute Gasteiger partial charge is 0.490 e. The molecule has 0 bridgehead atoms. The fourth-order valence-corrected chi connectivity index (χ4v) is 3.39. The second-order valence-corrected chi connectivity index (χ2v) is 7.18. The quantitative estimate of drug-likeness (QED) is 0.525. The molecule has 0 saturated heterocycles. The third-order valence-electron chi connectivity index (χ3n) is 4.90. The van der Waals surface area contributed by atoms with E-state index in [0.29, 0.717) is 48.3 Å². The van der Waals surface area contributed by atoms with Crippen LogP contribution in [-0.2, 0) is 6.61 Å². The zero-order valence-electron chi connectivity index (χ0n) is 16.8. The molecule has 0 radical (unpaired) electrons. The van der Waals surface area contributed by atoms with Gasteiger partial charge in [-0.3, -0.25) is 4.79 Å². The molecule has 31 heavy (non-hydrogen) atoms. The predicted octanol–water partition coefficient (Wildman–Crippen LogP) is 4.33. The number of nitrogens with zero attached hydrogens (tertiary/aromatic N) is 2. The first-order valence-electron chi connectivity index (χ1n) is 10.1. The summed E-state index contributed by atoms with van der Waals surface area (Å²) in [5, 5.41) is 2.90. The maximum absolute atomic E-state index is 12.7. The van der Waals surface area contributed by atoms with Crippen LogP contribution in [0.5, 0.6) is 17.2 Å². The van der Waals surface area contributed by atoms with Crippen molar-refractivity contribution >= 4 is 17.2 Å². The second-order valence-electron chi connectivity index (χ2n) is 7.18. The van der Waals surface area contributed by atoms with Crippen molar-refractivity contribution in [1.29, 1.82) is 0 Å². The highest BCUT2D eigenvalue weighted by Crippen LogP contribution is 2.32. The minimum atomic E-state index is -0.229. The number of hydrogen-bond acceptors (Lipinski definition) is 5. The molecule has 156 valence electrons. The highest BCUT2D eigenvalue weighted by molar-refractivity contribution is 6.04. The number of fused-ring (bicyclic) bond motifs is 2. The fraction of sp³-hybridized carbons (Fsp3) is 0.167. The van der Waals surface area contributed by atoms with Gasteiger partial charge >= 0.3 is 0 Å². The van der Waals surface area contributed by atoms with Crippen LogP contribution in [0.4, 0.5) is 5.69 Å². The van der Waals surface area contributed by atoms with Crippen LogP contribution in [0, 0.1) is 0 Å². The zero-order chi connectivity index (χ0) is 21.0. The number of carbonyl (C=O) groups excluding carboxylic acids is 1. The molecule has 0 fully saturated rings. The molecule has 5 rings (SSSR count). The fourth-order valence-electron chi connectivity index (χ4n) is 3.39. The van der Waals surface area contributed by atoms with Gasteiger partial charge in [-0.25, -0.2) is 4.98 Å². The van der Waals surface area contributed by atoms with Crippen molar-refractivity contribution in [2.45, 2.75) is 13.0 Å². The van der Waals surface area contributed by atoms with Crippen molar-refractivity contribution in [3.05, 3.63) is 84.3 Å². The van der Waals surface area contributed by atoms with Crippen LogP contribution in [-0.4, -0.2) is 28.5 Å². The molecule has 0 spiro atoms. The Labute approximate surface area is 179 Å². The zero-order valence-corrected chi connectivity index (χ0v) is 16.8. The van der Waals surface area contributed by atoms with Gasteiger partial charge in [0.25, 0.3) is 5.91 Å². The summed E-state index contributed by atoms with van der Waals surface area (Å²) in [6.07, 6.45) is 4.70. The van der Waals surface area contributed by atoms with Crippen LogP contribution in [0.2, 0.25) is 0 Å². The van der Waals surface area contributed by atoms with Crippen LogP contribution in [0.15, 0.2) is 73.1 Å². The van der Waals surface area contributed by atoms with Gasteiger partial charge in [-0.1, -0.05) is 12.1 Å². The molecule has 7 nitrogen and oxygen atoms in total. The van der Waals surface area contributed by atoms with Gasteiger partial charge in [0, 0.05) is 36.1 Å². The molecule has 1 N–H and O–H groups in total. The van der Waals surface area contributed by atoms with Crippen LogP contribution < -0.4 is 19.5 Å². The lowest BCUT2D eigenvalue weighted by atomic mass is 10.2. The summed E-state index contributed by atoms with van der Waals surface area (Å²) in [6.45, 7) is 1.53. The second kappa shape index (κ2) is 8.39. The molecule has 7 heteroatoms. The van der Waals surface area contributed by atoms with E-state index in [4.69, 9.17) is 14.2 Å². The summed E-state index contributed by atoms with van der Waals surface area (Å²) in [5.41, 5.74) is 2.82. The number of rotatable bonds is 5. The monoisotopic (exact) mass is 415 g/mol. The van der Waals surface area contributed by atoms with E-state index in [2.05, 4.69) is 10.3 Å². The lowest BCUT2D eigenvalue weighted by Crippen LogP contribution is -2.12. The number of imidazole rings is 1. The molecule has 3 heterocycles. The van der Waals surface area contributed by atoms with Crippen molar-refractivity contribution in [2.75, 3.05) is 18.5 Å². The van der Waals surface area contributed by atoms with Gasteiger partial charge in [0.05, 0.1) is 18.9 Å². The minimum Gasteiger partial charge on any atom is -0.490 e. The normalized spacial score (nSPS) is 12.9. The Kier molecular flexibility index (Phi) is 5.14. The maximum Gasteiger partial charge on any atom is 0.255 e. The van der Waals surface area contributed by atoms with Gasteiger partial charge in [-0.2, -0.15) is 0 Å². The lowest BCUT2D eigenvalue weighted by Gasteiger charge is -2.11. The van der Waals surface area contributed by atoms with Crippen molar-refractivity contribution in [1.82, 2.24) is 9.38 Å². The molecule has 2 aromatic carbocycles. The Bertz CT molecular complexity index is 1200. The van der Waals surface area contributed by atoms with E-state index in [1.54, 1.807) is 30.3 Å². The number of aromatic nitrogens is 2. The Morgan fingerprint density at radius 1 is 1.03 bits per heavy atom. The number of pyridine rings is 1. The van der Waals surface area contributed by atoms with Gasteiger partial charge in [-0.15, -0.1) is 0 Å². The van der Waals surface area contributed by atoms with Crippen LogP contribution >= 0.6 is 0 Å². The van der Waals surface area contributed by atoms with E-state index < -0.39 is 0 Å². The van der Waals surface area contributed by atoms with E-state index in [0.717, 1.165) is 17.8 Å². The topological polar surface area (TPSA) is 74.1 Å². The van der Waals surface area contributed by atoms with Gasteiger partial charge in [0.1, 0.15) is 18.0 Å². The minimum absolute atomic E-state index is 0.229. The molecule has 0 unspecified atom stereocenters. The summed E-state index contributed by atoms with van der Waals surface area (Å²) in [4.78, 5) is 17.3. The van der Waals surface area contributed by atoms with E-state index >= 15 is 0 Å². The van der Waals surface area contributed by atoms with Crippen LogP contribution in [0.1, 0.15) is 22.5 Å². The first kappa shape index (κ1) is 19.0. The van der Waals surface area contributed by atoms with Gasteiger partial charge in [0.2, 0.25) is 0 Å². The number of hydrogen-bond donors (Lipinski definition) is 1. The summed E-state index contributed by atoms with van der Waals surface area (Å²) >= 11 is 0. The maximum atomic E-state index is 12.7. The third kappa shape index (κ3) is 4.30. The molecular formula is C24H21N3O4. The number of ether oxygens (including phenoxy) is 3. The molecule has 2 aromatic heterocycles. The molecule has 1 aliphatic heterocycles. The van der Waals surface area contributed by atoms with Crippen LogP contribution in [0.25, 0.3) is 5.65 Å². The number of benzene rings is 2.